The van der Waals surface area contributed by atoms with Gasteiger partial charge in [0.2, 0.25) is 0 Å². The Labute approximate surface area is 106 Å². The largest absolute Gasteiger partial charge is 0.393 e. The zero-order valence-corrected chi connectivity index (χ0v) is 10.7. The van der Waals surface area contributed by atoms with Crippen molar-refractivity contribution in [3.8, 4) is 0 Å². The van der Waals surface area contributed by atoms with E-state index in [1.165, 1.54) is 0 Å². The zero-order chi connectivity index (χ0) is 12.8. The van der Waals surface area contributed by atoms with Gasteiger partial charge in [0.1, 0.15) is 0 Å². The van der Waals surface area contributed by atoms with Crippen LogP contribution in [0.5, 0.6) is 0 Å². The van der Waals surface area contributed by atoms with Crippen molar-refractivity contribution < 1.29 is 9.90 Å². The molecule has 0 aliphatic carbocycles. The van der Waals surface area contributed by atoms with Crippen molar-refractivity contribution in [2.45, 2.75) is 26.4 Å². The Morgan fingerprint density at radius 2 is 2.24 bits per heavy atom. The smallest absolute Gasteiger partial charge is 0.319 e. The summed E-state index contributed by atoms with van der Waals surface area (Å²) in [7, 11) is 0. The van der Waals surface area contributed by atoms with Crippen LogP contribution in [-0.4, -0.2) is 23.8 Å². The molecule has 0 aliphatic heterocycles. The molecular weight excluding hydrogens is 240 g/mol. The number of halogens is 1. The number of nitrogens with one attached hydrogen (secondary N) is 2. The van der Waals surface area contributed by atoms with Crippen molar-refractivity contribution in [1.82, 2.24) is 5.32 Å². The summed E-state index contributed by atoms with van der Waals surface area (Å²) in [6, 6.07) is 5.04. The molecule has 0 fully saturated rings. The number of hydrogen-bond acceptors (Lipinski definition) is 2. The molecule has 2 amide bonds. The summed E-state index contributed by atoms with van der Waals surface area (Å²) in [5, 5.41) is 15.0. The van der Waals surface area contributed by atoms with Crippen LogP contribution in [0.3, 0.4) is 0 Å². The standard InChI is InChI=1S/C12H17ClN2O2/c1-8(16)6-7-14-12(17)15-11-5-3-4-10(13)9(11)2/h3-5,8,16H,6-7H2,1-2H3,(H2,14,15,17). The third-order valence-corrected chi connectivity index (χ3v) is 2.77. The molecule has 3 N–H and O–H groups in total. The van der Waals surface area contributed by atoms with Crippen molar-refractivity contribution in [2.24, 2.45) is 0 Å². The molecule has 0 heterocycles. The van der Waals surface area contributed by atoms with Crippen molar-refractivity contribution >= 4 is 23.3 Å². The lowest BCUT2D eigenvalue weighted by Gasteiger charge is -2.11. The molecule has 5 heteroatoms. The predicted octanol–water partition coefficient (Wildman–Crippen LogP) is 2.54. The normalized spacial score (nSPS) is 12.0. The lowest BCUT2D eigenvalue weighted by atomic mass is 10.2. The summed E-state index contributed by atoms with van der Waals surface area (Å²) in [5.41, 5.74) is 1.52. The summed E-state index contributed by atoms with van der Waals surface area (Å²) in [5.74, 6) is 0. The Morgan fingerprint density at radius 3 is 2.88 bits per heavy atom. The lowest BCUT2D eigenvalue weighted by molar-refractivity contribution is 0.184. The number of rotatable bonds is 4. The van der Waals surface area contributed by atoms with Crippen LogP contribution in [0.25, 0.3) is 0 Å². The monoisotopic (exact) mass is 256 g/mol. The zero-order valence-electron chi connectivity index (χ0n) is 9.96. The first-order valence-corrected chi connectivity index (χ1v) is 5.86. The highest BCUT2D eigenvalue weighted by atomic mass is 35.5. The van der Waals surface area contributed by atoms with Gasteiger partial charge in [0.05, 0.1) is 6.10 Å². The summed E-state index contributed by atoms with van der Waals surface area (Å²) >= 11 is 5.94. The molecule has 17 heavy (non-hydrogen) atoms. The highest BCUT2D eigenvalue weighted by Crippen LogP contribution is 2.22. The third-order valence-electron chi connectivity index (χ3n) is 2.36. The number of anilines is 1. The maximum atomic E-state index is 11.5. The molecule has 0 saturated heterocycles. The molecule has 0 aliphatic rings. The fourth-order valence-electron chi connectivity index (χ4n) is 1.30. The third kappa shape index (κ3) is 4.63. The second kappa shape index (κ2) is 6.47. The van der Waals surface area contributed by atoms with E-state index in [0.717, 1.165) is 5.56 Å². The van der Waals surface area contributed by atoms with Gasteiger partial charge >= 0.3 is 6.03 Å². The average Bonchev–Trinajstić information content (AvgIpc) is 2.24. The van der Waals surface area contributed by atoms with Crippen molar-refractivity contribution in [1.29, 1.82) is 0 Å². The molecular formula is C12H17ClN2O2. The molecule has 1 aromatic rings. The number of amides is 2. The summed E-state index contributed by atoms with van der Waals surface area (Å²) in [6.07, 6.45) is 0.116. The van der Waals surface area contributed by atoms with Gasteiger partial charge in [-0.25, -0.2) is 4.79 Å². The van der Waals surface area contributed by atoms with Crippen LogP contribution in [0, 0.1) is 6.92 Å². The first-order chi connectivity index (χ1) is 8.00. The van der Waals surface area contributed by atoms with Gasteiger partial charge in [0.15, 0.2) is 0 Å². The number of carbonyl (C=O) groups excluding carboxylic acids is 1. The Kier molecular flexibility index (Phi) is 5.25. The minimum absolute atomic E-state index is 0.295. The maximum absolute atomic E-state index is 11.5. The number of aliphatic hydroxyl groups excluding tert-OH is 1. The van der Waals surface area contributed by atoms with Crippen LogP contribution in [0.2, 0.25) is 5.02 Å². The topological polar surface area (TPSA) is 61.4 Å². The van der Waals surface area contributed by atoms with Gasteiger partial charge < -0.3 is 15.7 Å². The number of urea groups is 1. The van der Waals surface area contributed by atoms with E-state index in [-0.39, 0.29) is 6.03 Å². The molecule has 1 rings (SSSR count). The maximum Gasteiger partial charge on any atom is 0.319 e. The van der Waals surface area contributed by atoms with E-state index in [9.17, 15) is 4.79 Å². The Hall–Kier alpha value is -1.26. The second-order valence-corrected chi connectivity index (χ2v) is 4.34. The quantitative estimate of drug-likeness (QED) is 0.775. The molecule has 1 atom stereocenters. The predicted molar refractivity (Wildman–Crippen MR) is 69.5 cm³/mol. The minimum atomic E-state index is -0.414. The van der Waals surface area contributed by atoms with Crippen LogP contribution < -0.4 is 10.6 Å². The summed E-state index contributed by atoms with van der Waals surface area (Å²) < 4.78 is 0. The van der Waals surface area contributed by atoms with Crippen molar-refractivity contribution in [2.75, 3.05) is 11.9 Å². The van der Waals surface area contributed by atoms with E-state index in [2.05, 4.69) is 10.6 Å². The summed E-state index contributed by atoms with van der Waals surface area (Å²) in [4.78, 5) is 11.5. The van der Waals surface area contributed by atoms with Crippen molar-refractivity contribution in [3.63, 3.8) is 0 Å². The van der Waals surface area contributed by atoms with E-state index in [0.29, 0.717) is 23.7 Å². The molecule has 0 bridgehead atoms. The fourth-order valence-corrected chi connectivity index (χ4v) is 1.48. The van der Waals surface area contributed by atoms with E-state index >= 15 is 0 Å². The van der Waals surface area contributed by atoms with Gasteiger partial charge in [-0.15, -0.1) is 0 Å². The van der Waals surface area contributed by atoms with Crippen LogP contribution in [-0.2, 0) is 0 Å². The first-order valence-electron chi connectivity index (χ1n) is 5.48. The van der Waals surface area contributed by atoms with Gasteiger partial charge in [-0.05, 0) is 38.0 Å². The average molecular weight is 257 g/mol. The molecule has 0 saturated carbocycles. The second-order valence-electron chi connectivity index (χ2n) is 3.93. The van der Waals surface area contributed by atoms with Crippen LogP contribution in [0.4, 0.5) is 10.5 Å². The van der Waals surface area contributed by atoms with Crippen LogP contribution >= 0.6 is 11.6 Å². The van der Waals surface area contributed by atoms with E-state index in [1.54, 1.807) is 25.1 Å². The SMILES string of the molecule is Cc1c(Cl)cccc1NC(=O)NCCC(C)O. The minimum Gasteiger partial charge on any atom is -0.393 e. The number of aliphatic hydroxyl groups is 1. The van der Waals surface area contributed by atoms with Gasteiger partial charge in [-0.3, -0.25) is 0 Å². The Bertz CT molecular complexity index is 394. The van der Waals surface area contributed by atoms with Crippen LogP contribution in [0.15, 0.2) is 18.2 Å². The van der Waals surface area contributed by atoms with Gasteiger partial charge in [0, 0.05) is 17.3 Å². The molecule has 94 valence electrons. The molecule has 0 spiro atoms. The van der Waals surface area contributed by atoms with E-state index in [4.69, 9.17) is 16.7 Å². The van der Waals surface area contributed by atoms with Gasteiger partial charge in [-0.2, -0.15) is 0 Å². The first kappa shape index (κ1) is 13.8. The Morgan fingerprint density at radius 1 is 1.53 bits per heavy atom. The lowest BCUT2D eigenvalue weighted by Crippen LogP contribution is -2.31. The molecule has 1 aromatic carbocycles. The fraction of sp³-hybridized carbons (Fsp3) is 0.417. The number of carbonyl (C=O) groups is 1. The van der Waals surface area contributed by atoms with E-state index < -0.39 is 6.10 Å². The molecule has 4 nitrogen and oxygen atoms in total. The summed E-state index contributed by atoms with van der Waals surface area (Å²) in [6.45, 7) is 3.96. The number of benzene rings is 1. The molecule has 1 unspecified atom stereocenters. The van der Waals surface area contributed by atoms with Crippen LogP contribution in [0.1, 0.15) is 18.9 Å². The van der Waals surface area contributed by atoms with Gasteiger partial charge in [-0.1, -0.05) is 17.7 Å². The van der Waals surface area contributed by atoms with Crippen molar-refractivity contribution in [3.05, 3.63) is 28.8 Å². The highest BCUT2D eigenvalue weighted by molar-refractivity contribution is 6.31. The molecule has 0 aromatic heterocycles. The highest BCUT2D eigenvalue weighted by Gasteiger charge is 2.06. The number of hydrogen-bond donors (Lipinski definition) is 3. The molecule has 0 radical (unpaired) electrons. The Balaban J connectivity index is 2.48. The van der Waals surface area contributed by atoms with E-state index in [1.807, 2.05) is 6.92 Å². The van der Waals surface area contributed by atoms with Gasteiger partial charge in [0.25, 0.3) is 0 Å².